The summed E-state index contributed by atoms with van der Waals surface area (Å²) in [6, 6.07) is 11.0. The molecule has 1 saturated heterocycles. The number of hydrogen-bond donors (Lipinski definition) is 0. The van der Waals surface area contributed by atoms with Crippen LogP contribution < -0.4 is 0 Å². The van der Waals surface area contributed by atoms with Crippen molar-refractivity contribution in [2.24, 2.45) is 0 Å². The minimum Gasteiger partial charge on any atom is -0.444 e. The van der Waals surface area contributed by atoms with E-state index in [1.165, 1.54) is 6.07 Å². The molecule has 4 rings (SSSR count). The van der Waals surface area contributed by atoms with Crippen molar-refractivity contribution < 1.29 is 13.9 Å². The highest BCUT2D eigenvalue weighted by Gasteiger charge is 2.28. The highest BCUT2D eigenvalue weighted by Crippen LogP contribution is 2.28. The molecule has 0 aliphatic carbocycles. The lowest BCUT2D eigenvalue weighted by Gasteiger charge is -2.34. The maximum absolute atomic E-state index is 14.2. The van der Waals surface area contributed by atoms with Gasteiger partial charge in [-0.05, 0) is 69.5 Å². The number of amides is 1. The molecular formula is C24H27ClFN3O2. The van der Waals surface area contributed by atoms with E-state index in [4.69, 9.17) is 21.3 Å². The Bertz CT molecular complexity index is 1100. The summed E-state index contributed by atoms with van der Waals surface area (Å²) in [4.78, 5) is 18.9. The second-order valence-corrected chi connectivity index (χ2v) is 9.49. The van der Waals surface area contributed by atoms with Crippen LogP contribution in [0.15, 0.2) is 42.6 Å². The standard InChI is InChI=1S/C24H27ClFN3O2/c1-24(2,3)31-23(30)28-11-9-20(10-12-28)29-13-8-16-5-7-19(27-22(16)29)14-17-4-6-18(25)15-21(17)26/h4-8,13,15,20H,9-12,14H2,1-3H3. The van der Waals surface area contributed by atoms with Crippen LogP contribution in [0.1, 0.15) is 50.9 Å². The summed E-state index contributed by atoms with van der Waals surface area (Å²) in [6.07, 6.45) is 3.87. The molecule has 0 bridgehead atoms. The van der Waals surface area contributed by atoms with Crippen LogP contribution in [0.3, 0.4) is 0 Å². The van der Waals surface area contributed by atoms with Crippen LogP contribution in [0.2, 0.25) is 5.02 Å². The zero-order valence-electron chi connectivity index (χ0n) is 18.1. The molecule has 1 amide bonds. The molecule has 5 nitrogen and oxygen atoms in total. The third kappa shape index (κ3) is 5.01. The van der Waals surface area contributed by atoms with Gasteiger partial charge in [0.25, 0.3) is 0 Å². The van der Waals surface area contributed by atoms with Gasteiger partial charge in [-0.25, -0.2) is 14.2 Å². The van der Waals surface area contributed by atoms with Gasteiger partial charge in [0, 0.05) is 47.9 Å². The van der Waals surface area contributed by atoms with Crippen molar-refractivity contribution in [1.29, 1.82) is 0 Å². The molecule has 0 spiro atoms. The Kier molecular flexibility index (Phi) is 5.93. The van der Waals surface area contributed by atoms with Crippen LogP contribution in [-0.4, -0.2) is 39.2 Å². The molecule has 0 N–H and O–H groups in total. The summed E-state index contributed by atoms with van der Waals surface area (Å²) in [7, 11) is 0. The van der Waals surface area contributed by atoms with E-state index in [1.807, 2.05) is 32.9 Å². The van der Waals surface area contributed by atoms with Crippen LogP contribution in [-0.2, 0) is 11.2 Å². The predicted molar refractivity (Wildman–Crippen MR) is 120 cm³/mol. The van der Waals surface area contributed by atoms with Crippen LogP contribution in [0.4, 0.5) is 9.18 Å². The van der Waals surface area contributed by atoms with E-state index in [0.717, 1.165) is 29.6 Å². The van der Waals surface area contributed by atoms with Gasteiger partial charge >= 0.3 is 6.09 Å². The molecule has 31 heavy (non-hydrogen) atoms. The highest BCUT2D eigenvalue weighted by molar-refractivity contribution is 6.30. The number of benzene rings is 1. The maximum atomic E-state index is 14.2. The first-order valence-electron chi connectivity index (χ1n) is 10.6. The molecule has 0 radical (unpaired) electrons. The van der Waals surface area contributed by atoms with E-state index < -0.39 is 5.60 Å². The van der Waals surface area contributed by atoms with Crippen molar-refractivity contribution in [3.05, 3.63) is 64.7 Å². The summed E-state index contributed by atoms with van der Waals surface area (Å²) < 4.78 is 21.9. The molecular weight excluding hydrogens is 417 g/mol. The summed E-state index contributed by atoms with van der Waals surface area (Å²) in [5.41, 5.74) is 1.77. The summed E-state index contributed by atoms with van der Waals surface area (Å²) >= 11 is 5.86. The average Bonchev–Trinajstić information content (AvgIpc) is 3.12. The minimum absolute atomic E-state index is 0.256. The van der Waals surface area contributed by atoms with Gasteiger partial charge in [-0.15, -0.1) is 0 Å². The van der Waals surface area contributed by atoms with Gasteiger partial charge in [0.2, 0.25) is 0 Å². The summed E-state index contributed by atoms with van der Waals surface area (Å²) in [5, 5.41) is 1.44. The van der Waals surface area contributed by atoms with Gasteiger partial charge in [-0.1, -0.05) is 17.7 Å². The number of aromatic nitrogens is 2. The van der Waals surface area contributed by atoms with Crippen LogP contribution in [0.5, 0.6) is 0 Å². The topological polar surface area (TPSA) is 47.4 Å². The molecule has 3 heterocycles. The number of piperidine rings is 1. The Labute approximate surface area is 186 Å². The van der Waals surface area contributed by atoms with E-state index >= 15 is 0 Å². The van der Waals surface area contributed by atoms with Gasteiger partial charge in [0.1, 0.15) is 17.1 Å². The number of ether oxygens (including phenoxy) is 1. The lowest BCUT2D eigenvalue weighted by atomic mass is 10.1. The number of carbonyl (C=O) groups is 1. The van der Waals surface area contributed by atoms with Gasteiger partial charge in [0.05, 0.1) is 0 Å². The number of pyridine rings is 1. The van der Waals surface area contributed by atoms with E-state index in [2.05, 4.69) is 16.8 Å². The average molecular weight is 444 g/mol. The number of likely N-dealkylation sites (tertiary alicyclic amines) is 1. The fraction of sp³-hybridized carbons (Fsp3) is 0.417. The zero-order chi connectivity index (χ0) is 22.2. The van der Waals surface area contributed by atoms with E-state index in [9.17, 15) is 9.18 Å². The number of halogens is 2. The number of fused-ring (bicyclic) bond motifs is 1. The summed E-state index contributed by atoms with van der Waals surface area (Å²) in [5.74, 6) is -0.320. The molecule has 0 atom stereocenters. The maximum Gasteiger partial charge on any atom is 0.410 e. The van der Waals surface area contributed by atoms with Crippen LogP contribution in [0.25, 0.3) is 11.0 Å². The first kappa shape index (κ1) is 21.6. The van der Waals surface area contributed by atoms with Crippen molar-refractivity contribution in [2.45, 2.75) is 51.7 Å². The molecule has 7 heteroatoms. The van der Waals surface area contributed by atoms with Crippen molar-refractivity contribution in [3.63, 3.8) is 0 Å². The quantitative estimate of drug-likeness (QED) is 0.499. The van der Waals surface area contributed by atoms with E-state index in [1.54, 1.807) is 17.0 Å². The van der Waals surface area contributed by atoms with Crippen molar-refractivity contribution in [2.75, 3.05) is 13.1 Å². The Hall–Kier alpha value is -2.60. The minimum atomic E-state index is -0.492. The molecule has 2 aromatic heterocycles. The summed E-state index contributed by atoms with van der Waals surface area (Å²) in [6.45, 7) is 6.93. The molecule has 0 unspecified atom stereocenters. The van der Waals surface area contributed by atoms with Gasteiger partial charge in [0.15, 0.2) is 0 Å². The smallest absolute Gasteiger partial charge is 0.410 e. The highest BCUT2D eigenvalue weighted by atomic mass is 35.5. The second-order valence-electron chi connectivity index (χ2n) is 9.05. The fourth-order valence-electron chi connectivity index (χ4n) is 3.97. The fourth-order valence-corrected chi connectivity index (χ4v) is 4.13. The normalized spacial score (nSPS) is 15.5. The molecule has 0 saturated carbocycles. The van der Waals surface area contributed by atoms with E-state index in [-0.39, 0.29) is 18.0 Å². The van der Waals surface area contributed by atoms with Gasteiger partial charge < -0.3 is 14.2 Å². The number of nitrogens with zero attached hydrogens (tertiary/aromatic N) is 3. The van der Waals surface area contributed by atoms with Crippen molar-refractivity contribution in [3.8, 4) is 0 Å². The molecule has 1 aromatic carbocycles. The third-order valence-corrected chi connectivity index (χ3v) is 5.75. The van der Waals surface area contributed by atoms with Gasteiger partial charge in [-0.2, -0.15) is 0 Å². The Morgan fingerprint density at radius 2 is 1.94 bits per heavy atom. The zero-order valence-corrected chi connectivity index (χ0v) is 18.8. The predicted octanol–water partition coefficient (Wildman–Crippen LogP) is 5.99. The molecule has 1 fully saturated rings. The number of rotatable bonds is 3. The molecule has 1 aliphatic rings. The monoisotopic (exact) mass is 443 g/mol. The number of hydrogen-bond acceptors (Lipinski definition) is 3. The molecule has 3 aromatic rings. The van der Waals surface area contributed by atoms with Crippen molar-refractivity contribution in [1.82, 2.24) is 14.5 Å². The van der Waals surface area contributed by atoms with Gasteiger partial charge in [-0.3, -0.25) is 0 Å². The lowest BCUT2D eigenvalue weighted by molar-refractivity contribution is 0.0189. The first-order valence-corrected chi connectivity index (χ1v) is 11.0. The third-order valence-electron chi connectivity index (χ3n) is 5.52. The molecule has 1 aliphatic heterocycles. The lowest BCUT2D eigenvalue weighted by Crippen LogP contribution is -2.42. The van der Waals surface area contributed by atoms with Crippen molar-refractivity contribution >= 4 is 28.7 Å². The second kappa shape index (κ2) is 8.50. The Morgan fingerprint density at radius 1 is 1.19 bits per heavy atom. The number of carbonyl (C=O) groups excluding carboxylic acids is 1. The SMILES string of the molecule is CC(C)(C)OC(=O)N1CCC(n2ccc3ccc(Cc4ccc(Cl)cc4F)nc32)CC1. The van der Waals surface area contributed by atoms with E-state index in [0.29, 0.717) is 30.1 Å². The molecule has 164 valence electrons. The Morgan fingerprint density at radius 3 is 2.61 bits per heavy atom. The largest absolute Gasteiger partial charge is 0.444 e. The Balaban J connectivity index is 1.49. The van der Waals surface area contributed by atoms with Crippen LogP contribution in [0, 0.1) is 5.82 Å². The van der Waals surface area contributed by atoms with Crippen LogP contribution >= 0.6 is 11.6 Å². The first-order chi connectivity index (χ1) is 14.7.